The zero-order valence-corrected chi connectivity index (χ0v) is 12.8. The van der Waals surface area contributed by atoms with Gasteiger partial charge in [0.2, 0.25) is 0 Å². The third-order valence-electron chi connectivity index (χ3n) is 3.63. The summed E-state index contributed by atoms with van der Waals surface area (Å²) in [4.78, 5) is 9.20. The quantitative estimate of drug-likeness (QED) is 0.803. The Morgan fingerprint density at radius 3 is 2.55 bits per heavy atom. The first-order valence-corrected chi connectivity index (χ1v) is 7.67. The molecule has 1 fully saturated rings. The molecule has 5 nitrogen and oxygen atoms in total. The molecule has 1 aromatic heterocycles. The molecule has 1 atom stereocenters. The lowest BCUT2D eigenvalue weighted by Crippen LogP contribution is -2.17. The maximum absolute atomic E-state index is 5.41. The van der Waals surface area contributed by atoms with Gasteiger partial charge in [-0.15, -0.1) is 0 Å². The number of hydrogen-bond acceptors (Lipinski definition) is 5. The van der Waals surface area contributed by atoms with Crippen molar-refractivity contribution in [2.24, 2.45) is 5.92 Å². The summed E-state index contributed by atoms with van der Waals surface area (Å²) in [5.74, 6) is 3.41. The molecule has 0 aliphatic carbocycles. The van der Waals surface area contributed by atoms with Crippen LogP contribution in [0.5, 0.6) is 0 Å². The maximum Gasteiger partial charge on any atom is 0.134 e. The molecule has 1 saturated heterocycles. The highest BCUT2D eigenvalue weighted by atomic mass is 16.5. The van der Waals surface area contributed by atoms with Gasteiger partial charge in [0.25, 0.3) is 0 Å². The van der Waals surface area contributed by atoms with E-state index >= 15 is 0 Å². The van der Waals surface area contributed by atoms with Crippen LogP contribution < -0.4 is 10.6 Å². The number of ether oxygens (including phenoxy) is 1. The van der Waals surface area contributed by atoms with E-state index in [-0.39, 0.29) is 0 Å². The number of aromatic nitrogens is 2. The fourth-order valence-corrected chi connectivity index (χ4v) is 2.29. The number of nitrogens with zero attached hydrogens (tertiary/aromatic N) is 2. The lowest BCUT2D eigenvalue weighted by Gasteiger charge is -2.16. The Morgan fingerprint density at radius 2 is 1.95 bits per heavy atom. The van der Waals surface area contributed by atoms with Crippen LogP contribution in [0.25, 0.3) is 0 Å². The van der Waals surface area contributed by atoms with Crippen molar-refractivity contribution in [2.45, 2.75) is 40.0 Å². The van der Waals surface area contributed by atoms with Gasteiger partial charge in [-0.05, 0) is 19.8 Å². The SMILES string of the molecule is CCCNc1nc(CC)nc(NCC2CCOC2)c1C. The monoisotopic (exact) mass is 278 g/mol. The Morgan fingerprint density at radius 1 is 1.20 bits per heavy atom. The van der Waals surface area contributed by atoms with E-state index in [1.54, 1.807) is 0 Å². The van der Waals surface area contributed by atoms with Crippen molar-refractivity contribution in [3.05, 3.63) is 11.4 Å². The molecule has 1 aliphatic heterocycles. The number of anilines is 2. The first-order chi connectivity index (χ1) is 9.74. The predicted molar refractivity (Wildman–Crippen MR) is 82.3 cm³/mol. The molecule has 2 rings (SSSR count). The first-order valence-electron chi connectivity index (χ1n) is 7.67. The van der Waals surface area contributed by atoms with Gasteiger partial charge >= 0.3 is 0 Å². The fraction of sp³-hybridized carbons (Fsp3) is 0.733. The van der Waals surface area contributed by atoms with E-state index in [4.69, 9.17) is 4.74 Å². The van der Waals surface area contributed by atoms with Crippen LogP contribution in [0.4, 0.5) is 11.6 Å². The second-order valence-corrected chi connectivity index (χ2v) is 5.35. The van der Waals surface area contributed by atoms with Gasteiger partial charge in [-0.25, -0.2) is 9.97 Å². The molecule has 5 heteroatoms. The molecule has 0 spiro atoms. The summed E-state index contributed by atoms with van der Waals surface area (Å²) in [7, 11) is 0. The molecular formula is C15H26N4O. The molecule has 0 amide bonds. The van der Waals surface area contributed by atoms with Gasteiger partial charge in [0.15, 0.2) is 0 Å². The fourth-order valence-electron chi connectivity index (χ4n) is 2.29. The lowest BCUT2D eigenvalue weighted by molar-refractivity contribution is 0.187. The zero-order valence-electron chi connectivity index (χ0n) is 12.8. The first kappa shape index (κ1) is 15.0. The van der Waals surface area contributed by atoms with Crippen molar-refractivity contribution < 1.29 is 4.74 Å². The largest absolute Gasteiger partial charge is 0.381 e. The predicted octanol–water partition coefficient (Wildman–Crippen LogP) is 2.62. The van der Waals surface area contributed by atoms with Crippen molar-refractivity contribution in [1.29, 1.82) is 0 Å². The molecule has 0 saturated carbocycles. The van der Waals surface area contributed by atoms with Crippen molar-refractivity contribution >= 4 is 11.6 Å². The third kappa shape index (κ3) is 3.82. The van der Waals surface area contributed by atoms with E-state index in [1.807, 2.05) is 0 Å². The Labute approximate surface area is 121 Å². The summed E-state index contributed by atoms with van der Waals surface area (Å²) >= 11 is 0. The molecule has 0 bridgehead atoms. The molecule has 2 N–H and O–H groups in total. The third-order valence-corrected chi connectivity index (χ3v) is 3.63. The van der Waals surface area contributed by atoms with Crippen LogP contribution in [-0.2, 0) is 11.2 Å². The summed E-state index contributed by atoms with van der Waals surface area (Å²) in [5.41, 5.74) is 1.11. The van der Waals surface area contributed by atoms with Gasteiger partial charge in [-0.3, -0.25) is 0 Å². The Bertz CT molecular complexity index is 430. The molecule has 0 aromatic carbocycles. The second-order valence-electron chi connectivity index (χ2n) is 5.35. The molecule has 2 heterocycles. The molecule has 0 radical (unpaired) electrons. The average Bonchev–Trinajstić information content (AvgIpc) is 2.98. The van der Waals surface area contributed by atoms with E-state index in [0.717, 1.165) is 68.6 Å². The standard InChI is InChI=1S/C15H26N4O/c1-4-7-16-14-11(3)15(19-13(5-2)18-14)17-9-12-6-8-20-10-12/h12H,4-10H2,1-3H3,(H2,16,17,18,19). The topological polar surface area (TPSA) is 59.1 Å². The van der Waals surface area contributed by atoms with Crippen LogP contribution in [0.1, 0.15) is 38.1 Å². The van der Waals surface area contributed by atoms with Crippen LogP contribution >= 0.6 is 0 Å². The van der Waals surface area contributed by atoms with Crippen LogP contribution in [-0.4, -0.2) is 36.3 Å². The molecule has 112 valence electrons. The minimum atomic E-state index is 0.599. The molecule has 1 aliphatic rings. The van der Waals surface area contributed by atoms with Gasteiger partial charge in [0.05, 0.1) is 6.61 Å². The number of nitrogens with one attached hydrogen (secondary N) is 2. The van der Waals surface area contributed by atoms with E-state index in [1.165, 1.54) is 0 Å². The van der Waals surface area contributed by atoms with Crippen molar-refractivity contribution in [3.63, 3.8) is 0 Å². The summed E-state index contributed by atoms with van der Waals surface area (Å²) in [6, 6.07) is 0. The molecule has 20 heavy (non-hydrogen) atoms. The minimum Gasteiger partial charge on any atom is -0.381 e. The van der Waals surface area contributed by atoms with Gasteiger partial charge in [0, 0.05) is 37.6 Å². The van der Waals surface area contributed by atoms with Crippen LogP contribution in [0.3, 0.4) is 0 Å². The van der Waals surface area contributed by atoms with E-state index in [9.17, 15) is 0 Å². The highest BCUT2D eigenvalue weighted by Crippen LogP contribution is 2.21. The van der Waals surface area contributed by atoms with Crippen LogP contribution in [0, 0.1) is 12.8 Å². The number of aryl methyl sites for hydroxylation is 1. The molecule has 1 unspecified atom stereocenters. The summed E-state index contributed by atoms with van der Waals surface area (Å²) in [6.45, 7) is 9.93. The second kappa shape index (κ2) is 7.43. The van der Waals surface area contributed by atoms with Gasteiger partial charge in [-0.1, -0.05) is 13.8 Å². The highest BCUT2D eigenvalue weighted by molar-refractivity contribution is 5.57. The summed E-state index contributed by atoms with van der Waals surface area (Å²) < 4.78 is 5.41. The normalized spacial score (nSPS) is 18.2. The lowest BCUT2D eigenvalue weighted by atomic mass is 10.1. The highest BCUT2D eigenvalue weighted by Gasteiger charge is 2.17. The van der Waals surface area contributed by atoms with Crippen LogP contribution in [0.15, 0.2) is 0 Å². The van der Waals surface area contributed by atoms with Gasteiger partial charge < -0.3 is 15.4 Å². The summed E-state index contributed by atoms with van der Waals surface area (Å²) in [6.07, 6.45) is 3.08. The van der Waals surface area contributed by atoms with E-state index < -0.39 is 0 Å². The smallest absolute Gasteiger partial charge is 0.134 e. The van der Waals surface area contributed by atoms with E-state index in [2.05, 4.69) is 41.4 Å². The van der Waals surface area contributed by atoms with E-state index in [0.29, 0.717) is 5.92 Å². The molecular weight excluding hydrogens is 252 g/mol. The van der Waals surface area contributed by atoms with Gasteiger partial charge in [0.1, 0.15) is 17.5 Å². The summed E-state index contributed by atoms with van der Waals surface area (Å²) in [5, 5.41) is 6.87. The van der Waals surface area contributed by atoms with Crippen molar-refractivity contribution in [3.8, 4) is 0 Å². The average molecular weight is 278 g/mol. The van der Waals surface area contributed by atoms with Crippen LogP contribution in [0.2, 0.25) is 0 Å². The maximum atomic E-state index is 5.41. The minimum absolute atomic E-state index is 0.599. The zero-order chi connectivity index (χ0) is 14.4. The van der Waals surface area contributed by atoms with Crippen molar-refractivity contribution in [2.75, 3.05) is 36.9 Å². The van der Waals surface area contributed by atoms with Gasteiger partial charge in [-0.2, -0.15) is 0 Å². The number of rotatable bonds is 7. The Kier molecular flexibility index (Phi) is 5.59. The Hall–Kier alpha value is -1.36. The number of hydrogen-bond donors (Lipinski definition) is 2. The Balaban J connectivity index is 2.08. The molecule has 1 aromatic rings. The van der Waals surface area contributed by atoms with Crippen molar-refractivity contribution in [1.82, 2.24) is 9.97 Å².